The number of rotatable bonds is 5. The predicted molar refractivity (Wildman–Crippen MR) is 95.4 cm³/mol. The Morgan fingerprint density at radius 3 is 2.68 bits per heavy atom. The van der Waals surface area contributed by atoms with Crippen molar-refractivity contribution < 1.29 is 14.3 Å². The molecule has 0 fully saturated rings. The molecule has 25 heavy (non-hydrogen) atoms. The van der Waals surface area contributed by atoms with Gasteiger partial charge in [0.05, 0.1) is 18.2 Å². The van der Waals surface area contributed by atoms with Crippen molar-refractivity contribution in [2.75, 3.05) is 6.61 Å². The highest BCUT2D eigenvalue weighted by molar-refractivity contribution is 5.96. The van der Waals surface area contributed by atoms with Gasteiger partial charge in [-0.1, -0.05) is 32.0 Å². The van der Waals surface area contributed by atoms with Crippen molar-refractivity contribution in [3.8, 4) is 11.1 Å². The molecule has 3 N–H and O–H groups in total. The van der Waals surface area contributed by atoms with Crippen molar-refractivity contribution in [2.24, 2.45) is 5.92 Å². The van der Waals surface area contributed by atoms with Gasteiger partial charge in [-0.3, -0.25) is 9.78 Å². The van der Waals surface area contributed by atoms with E-state index in [4.69, 9.17) is 4.42 Å². The third-order valence-corrected chi connectivity index (χ3v) is 4.19. The second-order valence-electron chi connectivity index (χ2n) is 6.31. The summed E-state index contributed by atoms with van der Waals surface area (Å²) in [5.74, 6) is -0.589. The molecule has 130 valence electrons. The Labute approximate surface area is 144 Å². The van der Waals surface area contributed by atoms with Crippen molar-refractivity contribution in [1.82, 2.24) is 10.3 Å². The first-order valence-corrected chi connectivity index (χ1v) is 8.13. The molecule has 1 aromatic heterocycles. The van der Waals surface area contributed by atoms with Crippen molar-refractivity contribution in [3.63, 3.8) is 0 Å². The van der Waals surface area contributed by atoms with E-state index in [2.05, 4.69) is 10.3 Å². The number of carbonyl (C=O) groups excluding carboxylic acids is 1. The molecule has 1 heterocycles. The minimum absolute atomic E-state index is 0.104. The van der Waals surface area contributed by atoms with Crippen LogP contribution in [0.4, 0.5) is 0 Å². The molecule has 2 aromatic carbocycles. The normalized spacial score (nSPS) is 12.5. The lowest BCUT2D eigenvalue weighted by Crippen LogP contribution is -2.41. The molecule has 3 rings (SSSR count). The summed E-state index contributed by atoms with van der Waals surface area (Å²) in [6.07, 6.45) is 0. The maximum atomic E-state index is 12.4. The van der Waals surface area contributed by atoms with Crippen LogP contribution in [0.2, 0.25) is 0 Å². The Bertz CT molecular complexity index is 955. The summed E-state index contributed by atoms with van der Waals surface area (Å²) in [7, 11) is 0. The second-order valence-corrected chi connectivity index (χ2v) is 6.31. The molecule has 3 aromatic rings. The van der Waals surface area contributed by atoms with Gasteiger partial charge in [0.2, 0.25) is 0 Å². The molecule has 1 amide bonds. The van der Waals surface area contributed by atoms with E-state index in [1.807, 2.05) is 32.0 Å². The van der Waals surface area contributed by atoms with Crippen molar-refractivity contribution in [2.45, 2.75) is 19.9 Å². The maximum absolute atomic E-state index is 12.4. The zero-order valence-corrected chi connectivity index (χ0v) is 14.1. The lowest BCUT2D eigenvalue weighted by molar-refractivity contribution is 0.0897. The number of aromatic amines is 1. The number of carbonyl (C=O) groups is 1. The number of fused-ring (bicyclic) bond motifs is 1. The van der Waals surface area contributed by atoms with E-state index in [1.165, 1.54) is 0 Å². The van der Waals surface area contributed by atoms with Gasteiger partial charge in [0, 0.05) is 5.56 Å². The topological polar surface area (TPSA) is 95.3 Å². The van der Waals surface area contributed by atoms with Crippen LogP contribution >= 0.6 is 0 Å². The Morgan fingerprint density at radius 1 is 1.20 bits per heavy atom. The molecule has 0 aliphatic rings. The molecule has 0 saturated heterocycles. The molecule has 0 spiro atoms. The van der Waals surface area contributed by atoms with E-state index < -0.39 is 5.76 Å². The second kappa shape index (κ2) is 6.94. The summed E-state index contributed by atoms with van der Waals surface area (Å²) < 4.78 is 5.00. The first-order valence-electron chi connectivity index (χ1n) is 8.13. The molecule has 6 nitrogen and oxygen atoms in total. The van der Waals surface area contributed by atoms with Gasteiger partial charge < -0.3 is 14.8 Å². The van der Waals surface area contributed by atoms with Crippen LogP contribution < -0.4 is 11.1 Å². The largest absolute Gasteiger partial charge is 0.417 e. The van der Waals surface area contributed by atoms with Crippen LogP contribution in [-0.2, 0) is 0 Å². The van der Waals surface area contributed by atoms with Gasteiger partial charge in [-0.05, 0) is 41.3 Å². The molecule has 0 aliphatic heterocycles. The first-order chi connectivity index (χ1) is 12.0. The summed E-state index contributed by atoms with van der Waals surface area (Å²) in [5, 5.41) is 12.2. The number of hydrogen-bond acceptors (Lipinski definition) is 4. The number of oxazole rings is 1. The summed E-state index contributed by atoms with van der Waals surface area (Å²) in [6, 6.07) is 12.3. The Morgan fingerprint density at radius 2 is 1.96 bits per heavy atom. The van der Waals surface area contributed by atoms with Gasteiger partial charge in [-0.2, -0.15) is 0 Å². The molecule has 1 atom stereocenters. The zero-order chi connectivity index (χ0) is 18.0. The van der Waals surface area contributed by atoms with E-state index in [0.29, 0.717) is 16.7 Å². The molecule has 6 heteroatoms. The third kappa shape index (κ3) is 3.64. The van der Waals surface area contributed by atoms with Crippen LogP contribution in [0, 0.1) is 5.92 Å². The number of H-pyrrole nitrogens is 1. The first kappa shape index (κ1) is 17.0. The van der Waals surface area contributed by atoms with Crippen LogP contribution in [0.25, 0.3) is 22.2 Å². The Balaban J connectivity index is 1.89. The number of aromatic nitrogens is 1. The fourth-order valence-electron chi connectivity index (χ4n) is 2.65. The summed E-state index contributed by atoms with van der Waals surface area (Å²) in [6.45, 7) is 3.78. The molecule has 0 aliphatic carbocycles. The fourth-order valence-corrected chi connectivity index (χ4v) is 2.65. The molecular formula is C19H20N2O4. The Kier molecular flexibility index (Phi) is 4.72. The lowest BCUT2D eigenvalue weighted by atomic mass is 10.0. The SMILES string of the molecule is CC(C)[C@@H](CO)NC(=O)c1cccc(-c2ccc3oc(=O)[nH]c3c2)c1. The highest BCUT2D eigenvalue weighted by atomic mass is 16.4. The van der Waals surface area contributed by atoms with E-state index in [-0.39, 0.29) is 24.5 Å². The van der Waals surface area contributed by atoms with E-state index in [0.717, 1.165) is 11.1 Å². The van der Waals surface area contributed by atoms with E-state index >= 15 is 0 Å². The van der Waals surface area contributed by atoms with Crippen LogP contribution in [0.3, 0.4) is 0 Å². The minimum atomic E-state index is -0.496. The van der Waals surface area contributed by atoms with Crippen molar-refractivity contribution >= 4 is 17.0 Å². The average Bonchev–Trinajstić information content (AvgIpc) is 2.98. The third-order valence-electron chi connectivity index (χ3n) is 4.19. The summed E-state index contributed by atoms with van der Waals surface area (Å²) in [5.41, 5.74) is 3.32. The molecule has 0 unspecified atom stereocenters. The number of aliphatic hydroxyl groups is 1. The standard InChI is InChI=1S/C19H20N2O4/c1-11(2)16(10-22)20-18(23)14-5-3-4-12(8-14)13-6-7-17-15(9-13)21-19(24)25-17/h3-9,11,16,22H,10H2,1-2H3,(H,20,23)(H,21,24)/t16-/m1/s1. The molecule has 0 radical (unpaired) electrons. The highest BCUT2D eigenvalue weighted by Crippen LogP contribution is 2.24. The molecule has 0 bridgehead atoms. The van der Waals surface area contributed by atoms with Gasteiger partial charge >= 0.3 is 5.76 Å². The van der Waals surface area contributed by atoms with Gasteiger partial charge in [0.15, 0.2) is 5.58 Å². The fraction of sp³-hybridized carbons (Fsp3) is 0.263. The van der Waals surface area contributed by atoms with Crippen LogP contribution in [0.15, 0.2) is 51.7 Å². The zero-order valence-electron chi connectivity index (χ0n) is 14.1. The van der Waals surface area contributed by atoms with Crippen LogP contribution in [-0.4, -0.2) is 28.6 Å². The van der Waals surface area contributed by atoms with Gasteiger partial charge in [0.25, 0.3) is 5.91 Å². The Hall–Kier alpha value is -2.86. The number of nitrogens with one attached hydrogen (secondary N) is 2. The predicted octanol–water partition coefficient (Wildman–Crippen LogP) is 2.53. The van der Waals surface area contributed by atoms with Gasteiger partial charge in [0.1, 0.15) is 0 Å². The van der Waals surface area contributed by atoms with Crippen molar-refractivity contribution in [3.05, 3.63) is 58.6 Å². The average molecular weight is 340 g/mol. The van der Waals surface area contributed by atoms with E-state index in [1.54, 1.807) is 24.3 Å². The number of aliphatic hydroxyl groups excluding tert-OH is 1. The summed E-state index contributed by atoms with van der Waals surface area (Å²) >= 11 is 0. The lowest BCUT2D eigenvalue weighted by Gasteiger charge is -2.20. The number of hydrogen-bond donors (Lipinski definition) is 3. The highest BCUT2D eigenvalue weighted by Gasteiger charge is 2.16. The van der Waals surface area contributed by atoms with Gasteiger partial charge in [-0.15, -0.1) is 0 Å². The summed E-state index contributed by atoms with van der Waals surface area (Å²) in [4.78, 5) is 26.3. The maximum Gasteiger partial charge on any atom is 0.417 e. The van der Waals surface area contributed by atoms with Crippen LogP contribution in [0.5, 0.6) is 0 Å². The monoisotopic (exact) mass is 340 g/mol. The quantitative estimate of drug-likeness (QED) is 0.665. The van der Waals surface area contributed by atoms with Gasteiger partial charge in [-0.25, -0.2) is 4.79 Å². The van der Waals surface area contributed by atoms with Crippen LogP contribution in [0.1, 0.15) is 24.2 Å². The van der Waals surface area contributed by atoms with E-state index in [9.17, 15) is 14.7 Å². The number of amides is 1. The number of benzene rings is 2. The smallest absolute Gasteiger partial charge is 0.408 e. The van der Waals surface area contributed by atoms with Crippen molar-refractivity contribution in [1.29, 1.82) is 0 Å². The minimum Gasteiger partial charge on any atom is -0.408 e. The molecule has 0 saturated carbocycles. The molecular weight excluding hydrogens is 320 g/mol.